The standard InChI is InChI=1S/C25H24N4O2S/c1-17-10-15-32-24(17)25(30)26-21-9-7-19(29-11-13-31-14-12-29)16-18(21)6-8-23-20-4-2-3-5-22(20)27-28-23/h2-10,15-16H,11-14H2,1H3,(H,26,30)(H,27,28). The topological polar surface area (TPSA) is 70.2 Å². The molecule has 0 unspecified atom stereocenters. The molecule has 2 N–H and O–H groups in total. The Morgan fingerprint density at radius 3 is 2.81 bits per heavy atom. The molecule has 1 amide bonds. The number of nitrogens with one attached hydrogen (secondary N) is 2. The molecule has 1 fully saturated rings. The maximum Gasteiger partial charge on any atom is 0.266 e. The summed E-state index contributed by atoms with van der Waals surface area (Å²) in [4.78, 5) is 15.9. The van der Waals surface area contributed by atoms with Gasteiger partial charge in [-0.1, -0.05) is 24.3 Å². The first-order valence-electron chi connectivity index (χ1n) is 10.6. The Morgan fingerprint density at radius 1 is 1.16 bits per heavy atom. The zero-order valence-corrected chi connectivity index (χ0v) is 18.6. The second-order valence-corrected chi connectivity index (χ2v) is 8.66. The first kappa shape index (κ1) is 20.5. The van der Waals surface area contributed by atoms with Crippen molar-refractivity contribution in [3.05, 3.63) is 75.6 Å². The fraction of sp³-hybridized carbons (Fsp3) is 0.200. The third-order valence-electron chi connectivity index (χ3n) is 5.65. The maximum absolute atomic E-state index is 12.9. The van der Waals surface area contributed by atoms with Crippen molar-refractivity contribution in [2.75, 3.05) is 36.5 Å². The van der Waals surface area contributed by atoms with Gasteiger partial charge in [-0.25, -0.2) is 0 Å². The summed E-state index contributed by atoms with van der Waals surface area (Å²) in [5.41, 5.74) is 5.67. The quantitative estimate of drug-likeness (QED) is 0.444. The molecule has 0 aliphatic carbocycles. The van der Waals surface area contributed by atoms with Crippen LogP contribution in [0, 0.1) is 6.92 Å². The Kier molecular flexibility index (Phi) is 5.75. The van der Waals surface area contributed by atoms with Crippen LogP contribution in [-0.4, -0.2) is 42.4 Å². The molecule has 6 nitrogen and oxygen atoms in total. The van der Waals surface area contributed by atoms with Crippen LogP contribution in [0.4, 0.5) is 11.4 Å². The molecule has 1 aliphatic heterocycles. The minimum absolute atomic E-state index is 0.0866. The van der Waals surface area contributed by atoms with Crippen LogP contribution in [0.1, 0.15) is 26.5 Å². The lowest BCUT2D eigenvalue weighted by Crippen LogP contribution is -2.36. The second-order valence-electron chi connectivity index (χ2n) is 7.75. The number of carbonyl (C=O) groups excluding carboxylic acids is 1. The minimum atomic E-state index is -0.0866. The lowest BCUT2D eigenvalue weighted by Gasteiger charge is -2.29. The van der Waals surface area contributed by atoms with E-state index in [-0.39, 0.29) is 5.91 Å². The molecule has 0 saturated carbocycles. The number of nitrogens with zero attached hydrogens (tertiary/aromatic N) is 2. The van der Waals surface area contributed by atoms with Crippen molar-refractivity contribution < 1.29 is 9.53 Å². The van der Waals surface area contributed by atoms with Crippen LogP contribution in [0.5, 0.6) is 0 Å². The number of hydrogen-bond donors (Lipinski definition) is 2. The van der Waals surface area contributed by atoms with Crippen molar-refractivity contribution in [3.63, 3.8) is 0 Å². The number of para-hydroxylation sites is 1. The highest BCUT2D eigenvalue weighted by Crippen LogP contribution is 2.28. The molecule has 0 spiro atoms. The largest absolute Gasteiger partial charge is 0.378 e. The minimum Gasteiger partial charge on any atom is -0.378 e. The summed E-state index contributed by atoms with van der Waals surface area (Å²) in [5.74, 6) is -0.0866. The summed E-state index contributed by atoms with van der Waals surface area (Å²) in [7, 11) is 0. The number of aromatic nitrogens is 2. The van der Waals surface area contributed by atoms with Crippen LogP contribution < -0.4 is 10.2 Å². The molecule has 0 atom stereocenters. The number of ether oxygens (including phenoxy) is 1. The van der Waals surface area contributed by atoms with E-state index in [2.05, 4.69) is 32.5 Å². The van der Waals surface area contributed by atoms with E-state index in [4.69, 9.17) is 4.74 Å². The molecule has 4 aromatic rings. The monoisotopic (exact) mass is 444 g/mol. The van der Waals surface area contributed by atoms with Crippen LogP contribution in [-0.2, 0) is 4.74 Å². The van der Waals surface area contributed by atoms with Gasteiger partial charge in [-0.2, -0.15) is 5.10 Å². The van der Waals surface area contributed by atoms with Gasteiger partial charge in [0.2, 0.25) is 0 Å². The van der Waals surface area contributed by atoms with E-state index in [9.17, 15) is 4.79 Å². The van der Waals surface area contributed by atoms with E-state index in [1.165, 1.54) is 11.3 Å². The van der Waals surface area contributed by atoms with Gasteiger partial charge in [-0.15, -0.1) is 11.3 Å². The molecule has 1 saturated heterocycles. The third-order valence-corrected chi connectivity index (χ3v) is 6.66. The second kappa shape index (κ2) is 8.98. The lowest BCUT2D eigenvalue weighted by atomic mass is 10.1. The summed E-state index contributed by atoms with van der Waals surface area (Å²) >= 11 is 1.46. The van der Waals surface area contributed by atoms with Crippen LogP contribution in [0.15, 0.2) is 53.9 Å². The number of H-pyrrole nitrogens is 1. The fourth-order valence-electron chi connectivity index (χ4n) is 3.88. The summed E-state index contributed by atoms with van der Waals surface area (Å²) in [5, 5.41) is 13.6. The zero-order valence-electron chi connectivity index (χ0n) is 17.8. The number of carbonyl (C=O) groups is 1. The predicted molar refractivity (Wildman–Crippen MR) is 132 cm³/mol. The Morgan fingerprint density at radius 2 is 2.00 bits per heavy atom. The highest BCUT2D eigenvalue weighted by atomic mass is 32.1. The van der Waals surface area contributed by atoms with Gasteiger partial charge in [-0.05, 0) is 54.3 Å². The Hall–Kier alpha value is -3.42. The molecule has 32 heavy (non-hydrogen) atoms. The van der Waals surface area contributed by atoms with Crippen molar-refractivity contribution in [2.45, 2.75) is 6.92 Å². The van der Waals surface area contributed by atoms with Crippen LogP contribution in [0.2, 0.25) is 0 Å². The van der Waals surface area contributed by atoms with E-state index >= 15 is 0 Å². The first-order chi connectivity index (χ1) is 15.7. The number of aromatic amines is 1. The van der Waals surface area contributed by atoms with Crippen molar-refractivity contribution in [2.24, 2.45) is 0 Å². The van der Waals surface area contributed by atoms with E-state index in [1.54, 1.807) is 0 Å². The van der Waals surface area contributed by atoms with Gasteiger partial charge >= 0.3 is 0 Å². The average molecular weight is 445 g/mol. The molecular formula is C25H24N4O2S. The molecule has 7 heteroatoms. The number of amides is 1. The maximum atomic E-state index is 12.9. The number of aryl methyl sites for hydroxylation is 1. The summed E-state index contributed by atoms with van der Waals surface area (Å²) in [6, 6.07) is 16.2. The molecule has 162 valence electrons. The Balaban J connectivity index is 1.49. The normalized spacial score (nSPS) is 14.3. The number of thiophene rings is 1. The van der Waals surface area contributed by atoms with Crippen molar-refractivity contribution in [1.29, 1.82) is 0 Å². The van der Waals surface area contributed by atoms with Gasteiger partial charge < -0.3 is 15.0 Å². The Bertz CT molecular complexity index is 1280. The van der Waals surface area contributed by atoms with Gasteiger partial charge in [-0.3, -0.25) is 9.89 Å². The van der Waals surface area contributed by atoms with Gasteiger partial charge in [0.1, 0.15) is 0 Å². The molecule has 3 heterocycles. The molecule has 1 aliphatic rings. The van der Waals surface area contributed by atoms with Crippen molar-refractivity contribution >= 4 is 51.7 Å². The smallest absolute Gasteiger partial charge is 0.266 e. The first-order valence-corrected chi connectivity index (χ1v) is 11.5. The molecular weight excluding hydrogens is 420 g/mol. The van der Waals surface area contributed by atoms with Crippen LogP contribution >= 0.6 is 11.3 Å². The van der Waals surface area contributed by atoms with Gasteiger partial charge in [0.25, 0.3) is 5.91 Å². The van der Waals surface area contributed by atoms with Gasteiger partial charge in [0.15, 0.2) is 0 Å². The van der Waals surface area contributed by atoms with Crippen molar-refractivity contribution in [3.8, 4) is 0 Å². The number of benzene rings is 2. The number of fused-ring (bicyclic) bond motifs is 1. The molecule has 2 aromatic heterocycles. The summed E-state index contributed by atoms with van der Waals surface area (Å²) in [6.07, 6.45) is 4.01. The van der Waals surface area contributed by atoms with Crippen molar-refractivity contribution in [1.82, 2.24) is 10.2 Å². The Labute approximate surface area is 190 Å². The molecule has 0 radical (unpaired) electrons. The van der Waals surface area contributed by atoms with Gasteiger partial charge in [0, 0.05) is 35.4 Å². The summed E-state index contributed by atoms with van der Waals surface area (Å²) in [6.45, 7) is 5.11. The highest BCUT2D eigenvalue weighted by Gasteiger charge is 2.16. The highest BCUT2D eigenvalue weighted by molar-refractivity contribution is 7.12. The molecule has 2 aromatic carbocycles. The number of anilines is 2. The van der Waals surface area contributed by atoms with E-state index < -0.39 is 0 Å². The molecule has 0 bridgehead atoms. The SMILES string of the molecule is Cc1ccsc1C(=O)Nc1ccc(N2CCOCC2)cc1C=Cc1n[nH]c2ccccc12. The lowest BCUT2D eigenvalue weighted by molar-refractivity contribution is 0.103. The average Bonchev–Trinajstić information content (AvgIpc) is 3.45. The van der Waals surface area contributed by atoms with E-state index in [0.29, 0.717) is 0 Å². The number of morpholine rings is 1. The number of rotatable bonds is 5. The van der Waals surface area contributed by atoms with Crippen LogP contribution in [0.3, 0.4) is 0 Å². The third kappa shape index (κ3) is 4.17. The number of hydrogen-bond acceptors (Lipinski definition) is 5. The zero-order chi connectivity index (χ0) is 21.9. The van der Waals surface area contributed by atoms with Gasteiger partial charge in [0.05, 0.1) is 29.3 Å². The summed E-state index contributed by atoms with van der Waals surface area (Å²) < 4.78 is 5.49. The fourth-order valence-corrected chi connectivity index (χ4v) is 4.71. The van der Waals surface area contributed by atoms with E-state index in [0.717, 1.165) is 70.3 Å². The van der Waals surface area contributed by atoms with E-state index in [1.807, 2.05) is 60.9 Å². The predicted octanol–water partition coefficient (Wildman–Crippen LogP) is 5.19. The molecule has 5 rings (SSSR count). The van der Waals surface area contributed by atoms with Crippen LogP contribution in [0.25, 0.3) is 23.1 Å².